The van der Waals surface area contributed by atoms with Crippen molar-refractivity contribution in [1.82, 2.24) is 4.98 Å². The van der Waals surface area contributed by atoms with Gasteiger partial charge in [0.1, 0.15) is 17.3 Å². The third kappa shape index (κ3) is 2.72. The minimum Gasteiger partial charge on any atom is -0.497 e. The number of aromatic amines is 1. The molecule has 106 valence electrons. The summed E-state index contributed by atoms with van der Waals surface area (Å²) in [5, 5.41) is 3.42. The van der Waals surface area contributed by atoms with Gasteiger partial charge >= 0.3 is 0 Å². The Morgan fingerprint density at radius 1 is 1.19 bits per heavy atom. The molecule has 21 heavy (non-hydrogen) atoms. The Balaban J connectivity index is 1.86. The lowest BCUT2D eigenvalue weighted by Gasteiger charge is -2.05. The molecule has 0 aliphatic heterocycles. The Morgan fingerprint density at radius 3 is 2.86 bits per heavy atom. The molecule has 5 heteroatoms. The van der Waals surface area contributed by atoms with Gasteiger partial charge < -0.3 is 15.0 Å². The van der Waals surface area contributed by atoms with Crippen molar-refractivity contribution in [3.05, 3.63) is 60.0 Å². The number of rotatable bonds is 3. The van der Waals surface area contributed by atoms with Crippen molar-refractivity contribution < 1.29 is 13.9 Å². The van der Waals surface area contributed by atoms with E-state index in [1.165, 1.54) is 12.1 Å². The van der Waals surface area contributed by atoms with E-state index in [0.717, 1.165) is 0 Å². The first kappa shape index (κ1) is 13.2. The molecule has 0 radical (unpaired) electrons. The molecule has 0 fully saturated rings. The van der Waals surface area contributed by atoms with Crippen LogP contribution in [0.15, 0.2) is 48.5 Å². The summed E-state index contributed by atoms with van der Waals surface area (Å²) in [6.07, 6.45) is 0. The zero-order valence-electron chi connectivity index (χ0n) is 11.3. The van der Waals surface area contributed by atoms with E-state index in [-0.39, 0.29) is 11.7 Å². The largest absolute Gasteiger partial charge is 0.497 e. The first-order valence-electron chi connectivity index (χ1n) is 6.39. The predicted molar refractivity (Wildman–Crippen MR) is 79.2 cm³/mol. The molecule has 3 rings (SSSR count). The second-order valence-corrected chi connectivity index (χ2v) is 4.60. The van der Waals surface area contributed by atoms with Gasteiger partial charge in [0.15, 0.2) is 0 Å². The Morgan fingerprint density at radius 2 is 2.05 bits per heavy atom. The van der Waals surface area contributed by atoms with Gasteiger partial charge in [-0.1, -0.05) is 6.07 Å². The normalized spacial score (nSPS) is 10.6. The summed E-state index contributed by atoms with van der Waals surface area (Å²) in [6, 6.07) is 13.0. The second kappa shape index (κ2) is 5.28. The van der Waals surface area contributed by atoms with Gasteiger partial charge in [0.05, 0.1) is 7.11 Å². The maximum Gasteiger partial charge on any atom is 0.272 e. The van der Waals surface area contributed by atoms with Gasteiger partial charge in [-0.05, 0) is 36.4 Å². The number of nitrogens with one attached hydrogen (secondary N) is 2. The molecule has 0 saturated carbocycles. The van der Waals surface area contributed by atoms with E-state index >= 15 is 0 Å². The van der Waals surface area contributed by atoms with Crippen LogP contribution in [0.3, 0.4) is 0 Å². The highest BCUT2D eigenvalue weighted by molar-refractivity contribution is 6.06. The van der Waals surface area contributed by atoms with Gasteiger partial charge in [-0.25, -0.2) is 4.39 Å². The zero-order valence-corrected chi connectivity index (χ0v) is 11.3. The number of ether oxygens (including phenoxy) is 1. The third-order valence-corrected chi connectivity index (χ3v) is 3.16. The first-order valence-corrected chi connectivity index (χ1v) is 6.39. The summed E-state index contributed by atoms with van der Waals surface area (Å²) < 4.78 is 18.3. The lowest BCUT2D eigenvalue weighted by Crippen LogP contribution is -2.12. The fraction of sp³-hybridized carbons (Fsp3) is 0.0625. The van der Waals surface area contributed by atoms with Crippen molar-refractivity contribution in [2.24, 2.45) is 0 Å². The Labute approximate surface area is 120 Å². The van der Waals surface area contributed by atoms with Crippen LogP contribution in [0.2, 0.25) is 0 Å². The molecule has 1 aromatic heterocycles. The molecular formula is C16H13FN2O2. The van der Waals surface area contributed by atoms with Crippen LogP contribution >= 0.6 is 0 Å². The van der Waals surface area contributed by atoms with Crippen molar-refractivity contribution in [1.29, 1.82) is 0 Å². The Hall–Kier alpha value is -2.82. The predicted octanol–water partition coefficient (Wildman–Crippen LogP) is 3.57. The first-order chi connectivity index (χ1) is 10.2. The number of carbonyl (C=O) groups is 1. The number of anilines is 1. The SMILES string of the molecule is COc1cccc(NC(=O)c2cc3cc(F)ccc3[nH]2)c1. The topological polar surface area (TPSA) is 54.1 Å². The number of halogens is 1. The summed E-state index contributed by atoms with van der Waals surface area (Å²) in [5.74, 6) is 0.0348. The van der Waals surface area contributed by atoms with Crippen molar-refractivity contribution >= 4 is 22.5 Å². The number of methoxy groups -OCH3 is 1. The van der Waals surface area contributed by atoms with E-state index < -0.39 is 0 Å². The van der Waals surface area contributed by atoms with Crippen LogP contribution in [0.5, 0.6) is 5.75 Å². The number of H-pyrrole nitrogens is 1. The van der Waals surface area contributed by atoms with Crippen molar-refractivity contribution in [2.45, 2.75) is 0 Å². The van der Waals surface area contributed by atoms with Crippen LogP contribution in [0.25, 0.3) is 10.9 Å². The highest BCUT2D eigenvalue weighted by Gasteiger charge is 2.10. The molecule has 0 saturated heterocycles. The maximum atomic E-state index is 13.1. The highest BCUT2D eigenvalue weighted by Crippen LogP contribution is 2.20. The average molecular weight is 284 g/mol. The molecule has 1 amide bonds. The molecule has 0 aliphatic carbocycles. The number of benzene rings is 2. The molecule has 4 nitrogen and oxygen atoms in total. The molecule has 0 unspecified atom stereocenters. The molecule has 0 atom stereocenters. The fourth-order valence-electron chi connectivity index (χ4n) is 2.13. The van der Waals surface area contributed by atoms with E-state index in [2.05, 4.69) is 10.3 Å². The van der Waals surface area contributed by atoms with Gasteiger partial charge in [0.25, 0.3) is 5.91 Å². The van der Waals surface area contributed by atoms with Gasteiger partial charge in [-0.2, -0.15) is 0 Å². The van der Waals surface area contributed by atoms with Crippen LogP contribution < -0.4 is 10.1 Å². The average Bonchev–Trinajstić information content (AvgIpc) is 2.90. The molecular weight excluding hydrogens is 271 g/mol. The summed E-state index contributed by atoms with van der Waals surface area (Å²) in [7, 11) is 1.56. The van der Waals surface area contributed by atoms with E-state index in [4.69, 9.17) is 4.74 Å². The van der Waals surface area contributed by atoms with E-state index in [0.29, 0.717) is 28.0 Å². The quantitative estimate of drug-likeness (QED) is 0.772. The minimum atomic E-state index is -0.332. The molecule has 0 aliphatic rings. The van der Waals surface area contributed by atoms with Crippen LogP contribution in [-0.4, -0.2) is 18.0 Å². The van der Waals surface area contributed by atoms with Crippen molar-refractivity contribution in [3.63, 3.8) is 0 Å². The van der Waals surface area contributed by atoms with E-state index in [1.807, 2.05) is 0 Å². The van der Waals surface area contributed by atoms with E-state index in [9.17, 15) is 9.18 Å². The third-order valence-electron chi connectivity index (χ3n) is 3.16. The van der Waals surface area contributed by atoms with Crippen molar-refractivity contribution in [3.8, 4) is 5.75 Å². The smallest absolute Gasteiger partial charge is 0.272 e. The molecule has 1 heterocycles. The van der Waals surface area contributed by atoms with Gasteiger partial charge in [-0.3, -0.25) is 4.79 Å². The maximum absolute atomic E-state index is 13.1. The van der Waals surface area contributed by atoms with Crippen LogP contribution in [0.1, 0.15) is 10.5 Å². The summed E-state index contributed by atoms with van der Waals surface area (Å²) in [5.41, 5.74) is 1.72. The Bertz CT molecular complexity index is 811. The zero-order chi connectivity index (χ0) is 14.8. The minimum absolute atomic E-state index is 0.292. The molecule has 0 bridgehead atoms. The van der Waals surface area contributed by atoms with Crippen molar-refractivity contribution in [2.75, 3.05) is 12.4 Å². The summed E-state index contributed by atoms with van der Waals surface area (Å²) in [6.45, 7) is 0. The number of amides is 1. The fourth-order valence-corrected chi connectivity index (χ4v) is 2.13. The van der Waals surface area contributed by atoms with Crippen LogP contribution in [0, 0.1) is 5.82 Å². The van der Waals surface area contributed by atoms with E-state index in [1.54, 1.807) is 43.5 Å². The van der Waals surface area contributed by atoms with Crippen LogP contribution in [-0.2, 0) is 0 Å². The molecule has 3 aromatic rings. The standard InChI is InChI=1S/C16H13FN2O2/c1-21-13-4-2-3-12(9-13)18-16(20)15-8-10-7-11(17)5-6-14(10)19-15/h2-9,19H,1H3,(H,18,20). The van der Waals surface area contributed by atoms with Gasteiger partial charge in [0.2, 0.25) is 0 Å². The number of fused-ring (bicyclic) bond motifs is 1. The lowest BCUT2D eigenvalue weighted by molar-refractivity contribution is 0.102. The summed E-state index contributed by atoms with van der Waals surface area (Å²) >= 11 is 0. The number of aromatic nitrogens is 1. The number of hydrogen-bond donors (Lipinski definition) is 2. The molecule has 2 N–H and O–H groups in total. The lowest BCUT2D eigenvalue weighted by atomic mass is 10.2. The monoisotopic (exact) mass is 284 g/mol. The second-order valence-electron chi connectivity index (χ2n) is 4.60. The van der Waals surface area contributed by atoms with Crippen LogP contribution in [0.4, 0.5) is 10.1 Å². The number of hydrogen-bond acceptors (Lipinski definition) is 2. The highest BCUT2D eigenvalue weighted by atomic mass is 19.1. The molecule has 2 aromatic carbocycles. The van der Waals surface area contributed by atoms with Gasteiger partial charge in [-0.15, -0.1) is 0 Å². The van der Waals surface area contributed by atoms with Gasteiger partial charge in [0, 0.05) is 22.7 Å². The molecule has 0 spiro atoms. The Kier molecular flexibility index (Phi) is 3.31. The summed E-state index contributed by atoms with van der Waals surface area (Å²) in [4.78, 5) is 15.2. The number of carbonyl (C=O) groups excluding carboxylic acids is 1.